The van der Waals surface area contributed by atoms with Crippen molar-refractivity contribution in [2.75, 3.05) is 17.6 Å². The van der Waals surface area contributed by atoms with Crippen molar-refractivity contribution in [1.29, 1.82) is 0 Å². The highest BCUT2D eigenvalue weighted by molar-refractivity contribution is 5.54. The fourth-order valence-electron chi connectivity index (χ4n) is 2.21. The summed E-state index contributed by atoms with van der Waals surface area (Å²) in [6, 6.07) is 4.57. The highest BCUT2D eigenvalue weighted by Gasteiger charge is 2.03. The van der Waals surface area contributed by atoms with E-state index in [1.165, 1.54) is 43.4 Å². The van der Waals surface area contributed by atoms with Gasteiger partial charge < -0.3 is 11.1 Å². The molecule has 0 heterocycles. The number of hydrogen-bond donors (Lipinski definition) is 2. The molecular weight excluding hydrogens is 215 g/mol. The monoisotopic (exact) mass is 234 g/mol. The van der Waals surface area contributed by atoms with Crippen molar-refractivity contribution in [2.45, 2.75) is 32.1 Å². The molecule has 1 aliphatic rings. The van der Waals surface area contributed by atoms with Crippen molar-refractivity contribution in [1.82, 2.24) is 0 Å². The lowest BCUT2D eigenvalue weighted by molar-refractivity contribution is 0.629. The molecule has 17 heavy (non-hydrogen) atoms. The number of nitrogens with two attached hydrogens (primary N) is 1. The van der Waals surface area contributed by atoms with E-state index in [4.69, 9.17) is 5.73 Å². The molecule has 1 aromatic rings. The van der Waals surface area contributed by atoms with Crippen LogP contribution >= 0.6 is 0 Å². The minimum Gasteiger partial charge on any atom is -0.399 e. The maximum absolute atomic E-state index is 13.1. The van der Waals surface area contributed by atoms with Gasteiger partial charge in [0, 0.05) is 17.9 Å². The first kappa shape index (κ1) is 12.0. The molecule has 2 rings (SSSR count). The van der Waals surface area contributed by atoms with Crippen molar-refractivity contribution < 1.29 is 4.39 Å². The number of hydrogen-bond acceptors (Lipinski definition) is 2. The minimum atomic E-state index is -0.288. The second kappa shape index (κ2) is 5.71. The second-order valence-corrected chi connectivity index (χ2v) is 4.56. The lowest BCUT2D eigenvalue weighted by Gasteiger charge is -2.13. The topological polar surface area (TPSA) is 38.0 Å². The number of nitrogens with one attached hydrogen (secondary N) is 1. The molecule has 1 aliphatic carbocycles. The maximum atomic E-state index is 13.1. The third kappa shape index (κ3) is 3.77. The van der Waals surface area contributed by atoms with Gasteiger partial charge in [0.1, 0.15) is 5.82 Å². The Kier molecular flexibility index (Phi) is 4.02. The zero-order valence-electron chi connectivity index (χ0n) is 10.0. The van der Waals surface area contributed by atoms with Crippen LogP contribution in [0.5, 0.6) is 0 Å². The molecular formula is C14H19FN2. The first-order valence-electron chi connectivity index (χ1n) is 6.22. The Morgan fingerprint density at radius 1 is 1.24 bits per heavy atom. The summed E-state index contributed by atoms with van der Waals surface area (Å²) in [5.74, 6) is -0.288. The normalized spacial score (nSPS) is 15.5. The van der Waals surface area contributed by atoms with Gasteiger partial charge in [-0.1, -0.05) is 11.6 Å². The molecule has 0 unspecified atom stereocenters. The van der Waals surface area contributed by atoms with Gasteiger partial charge in [-0.15, -0.1) is 0 Å². The highest BCUT2D eigenvalue weighted by atomic mass is 19.1. The number of rotatable bonds is 4. The Balaban J connectivity index is 1.83. The largest absolute Gasteiger partial charge is 0.399 e. The van der Waals surface area contributed by atoms with Gasteiger partial charge in [-0.3, -0.25) is 0 Å². The average molecular weight is 234 g/mol. The number of nitrogen functional groups attached to an aromatic ring is 1. The Hall–Kier alpha value is -1.51. The highest BCUT2D eigenvalue weighted by Crippen LogP contribution is 2.20. The number of allylic oxidation sites excluding steroid dienone is 1. The van der Waals surface area contributed by atoms with Crippen LogP contribution < -0.4 is 11.1 Å². The minimum absolute atomic E-state index is 0.288. The predicted molar refractivity (Wildman–Crippen MR) is 70.5 cm³/mol. The van der Waals surface area contributed by atoms with E-state index in [9.17, 15) is 4.39 Å². The zero-order chi connectivity index (χ0) is 12.1. The summed E-state index contributed by atoms with van der Waals surface area (Å²) in [6.07, 6.45) is 8.42. The Bertz CT molecular complexity index is 392. The summed E-state index contributed by atoms with van der Waals surface area (Å²) in [5, 5.41) is 3.21. The summed E-state index contributed by atoms with van der Waals surface area (Å²) in [7, 11) is 0. The van der Waals surface area contributed by atoms with E-state index in [1.54, 1.807) is 6.07 Å². The van der Waals surface area contributed by atoms with Crippen LogP contribution in [0.1, 0.15) is 32.1 Å². The molecule has 0 aliphatic heterocycles. The molecule has 0 atom stereocenters. The molecule has 0 radical (unpaired) electrons. The summed E-state index contributed by atoms with van der Waals surface area (Å²) >= 11 is 0. The van der Waals surface area contributed by atoms with Crippen LogP contribution in [0.15, 0.2) is 29.8 Å². The average Bonchev–Trinajstić information content (AvgIpc) is 2.29. The second-order valence-electron chi connectivity index (χ2n) is 4.56. The fraction of sp³-hybridized carbons (Fsp3) is 0.429. The molecule has 0 saturated carbocycles. The lowest BCUT2D eigenvalue weighted by atomic mass is 9.97. The molecule has 0 saturated heterocycles. The molecule has 0 bridgehead atoms. The third-order valence-electron chi connectivity index (χ3n) is 3.08. The molecule has 1 aromatic carbocycles. The number of anilines is 2. The summed E-state index contributed by atoms with van der Waals surface area (Å²) in [6.45, 7) is 0.842. The first-order valence-corrected chi connectivity index (χ1v) is 6.22. The van der Waals surface area contributed by atoms with Crippen LogP contribution in [0, 0.1) is 5.82 Å². The van der Waals surface area contributed by atoms with E-state index in [0.29, 0.717) is 5.69 Å². The van der Waals surface area contributed by atoms with Crippen LogP contribution in [-0.4, -0.2) is 6.54 Å². The van der Waals surface area contributed by atoms with Gasteiger partial charge >= 0.3 is 0 Å². The Labute approximate surface area is 102 Å². The van der Waals surface area contributed by atoms with E-state index in [1.807, 2.05) is 0 Å². The van der Waals surface area contributed by atoms with Crippen LogP contribution in [0.25, 0.3) is 0 Å². The smallest absolute Gasteiger partial charge is 0.127 e. The van der Waals surface area contributed by atoms with Crippen LogP contribution in [0.3, 0.4) is 0 Å². The summed E-state index contributed by atoms with van der Waals surface area (Å²) in [5.41, 5.74) is 8.33. The molecule has 92 valence electrons. The van der Waals surface area contributed by atoms with Crippen LogP contribution in [0.4, 0.5) is 15.8 Å². The van der Waals surface area contributed by atoms with E-state index < -0.39 is 0 Å². The van der Waals surface area contributed by atoms with Gasteiger partial charge in [0.15, 0.2) is 0 Å². The molecule has 2 nitrogen and oxygen atoms in total. The molecule has 3 N–H and O–H groups in total. The van der Waals surface area contributed by atoms with Gasteiger partial charge in [0.25, 0.3) is 0 Å². The van der Waals surface area contributed by atoms with Crippen LogP contribution in [0.2, 0.25) is 0 Å². The van der Waals surface area contributed by atoms with Gasteiger partial charge in [0.2, 0.25) is 0 Å². The van der Waals surface area contributed by atoms with E-state index in [0.717, 1.165) is 18.7 Å². The standard InChI is InChI=1S/C14H19FN2/c15-12-8-13(16)10-14(9-12)17-7-6-11-4-2-1-3-5-11/h4,8-10,17H,1-3,5-7,16H2. The molecule has 0 spiro atoms. The molecule has 0 aromatic heterocycles. The fourth-order valence-corrected chi connectivity index (χ4v) is 2.21. The van der Waals surface area contributed by atoms with Gasteiger partial charge in [-0.25, -0.2) is 4.39 Å². The number of benzene rings is 1. The SMILES string of the molecule is Nc1cc(F)cc(NCCC2=CCCCC2)c1. The summed E-state index contributed by atoms with van der Waals surface area (Å²) in [4.78, 5) is 0. The predicted octanol–water partition coefficient (Wildman–Crippen LogP) is 3.71. The van der Waals surface area contributed by atoms with Gasteiger partial charge in [-0.05, 0) is 50.3 Å². The zero-order valence-corrected chi connectivity index (χ0v) is 10.0. The first-order chi connectivity index (χ1) is 8.24. The van der Waals surface area contributed by atoms with Crippen molar-refractivity contribution in [3.8, 4) is 0 Å². The van der Waals surface area contributed by atoms with Crippen molar-refractivity contribution >= 4 is 11.4 Å². The Morgan fingerprint density at radius 3 is 2.82 bits per heavy atom. The summed E-state index contributed by atoms with van der Waals surface area (Å²) < 4.78 is 13.1. The quantitative estimate of drug-likeness (QED) is 0.615. The number of halogens is 1. The third-order valence-corrected chi connectivity index (χ3v) is 3.08. The van der Waals surface area contributed by atoms with Crippen molar-refractivity contribution in [2.24, 2.45) is 0 Å². The van der Waals surface area contributed by atoms with E-state index in [-0.39, 0.29) is 5.82 Å². The molecule has 3 heteroatoms. The molecule has 0 fully saturated rings. The maximum Gasteiger partial charge on any atom is 0.127 e. The van der Waals surface area contributed by atoms with Crippen LogP contribution in [-0.2, 0) is 0 Å². The van der Waals surface area contributed by atoms with E-state index in [2.05, 4.69) is 11.4 Å². The molecule has 0 amide bonds. The van der Waals surface area contributed by atoms with Gasteiger partial charge in [-0.2, -0.15) is 0 Å². The van der Waals surface area contributed by atoms with Crippen molar-refractivity contribution in [3.63, 3.8) is 0 Å². The van der Waals surface area contributed by atoms with Crippen molar-refractivity contribution in [3.05, 3.63) is 35.7 Å². The van der Waals surface area contributed by atoms with E-state index >= 15 is 0 Å². The van der Waals surface area contributed by atoms with Gasteiger partial charge in [0.05, 0.1) is 0 Å². The Morgan fingerprint density at radius 2 is 2.12 bits per heavy atom. The lowest BCUT2D eigenvalue weighted by Crippen LogP contribution is -2.05.